The summed E-state index contributed by atoms with van der Waals surface area (Å²) in [5.41, 5.74) is 4.29. The van der Waals surface area contributed by atoms with E-state index in [1.807, 2.05) is 6.07 Å². The monoisotopic (exact) mass is 368 g/mol. The van der Waals surface area contributed by atoms with Crippen molar-refractivity contribution in [2.24, 2.45) is 0 Å². The Morgan fingerprint density at radius 2 is 2.22 bits per heavy atom. The van der Waals surface area contributed by atoms with E-state index < -0.39 is 0 Å². The lowest BCUT2D eigenvalue weighted by Gasteiger charge is -2.18. The average Bonchev–Trinajstić information content (AvgIpc) is 3.01. The topological polar surface area (TPSA) is 73.9 Å². The standard InChI is InChI=1S/C17H13BrN4O/c18-16-14-6-13(7-19)23-15(14)9-21-17(16)22-12-2-1-10-3-4-20-8-11(10)5-12/h1-2,5-6,9,20H,3-4,8H2,(H,21,22). The molecule has 3 heterocycles. The molecular weight excluding hydrogens is 356 g/mol. The summed E-state index contributed by atoms with van der Waals surface area (Å²) in [6, 6.07) is 10.1. The number of hydrogen-bond acceptors (Lipinski definition) is 5. The van der Waals surface area contributed by atoms with Gasteiger partial charge in [0.2, 0.25) is 5.76 Å². The maximum Gasteiger partial charge on any atom is 0.204 e. The lowest BCUT2D eigenvalue weighted by atomic mass is 10.0. The third-order valence-electron chi connectivity index (χ3n) is 3.98. The Kier molecular flexibility index (Phi) is 3.52. The number of furan rings is 1. The molecule has 0 bridgehead atoms. The fourth-order valence-corrected chi connectivity index (χ4v) is 3.33. The highest BCUT2D eigenvalue weighted by Gasteiger charge is 2.13. The van der Waals surface area contributed by atoms with E-state index in [0.717, 1.165) is 35.1 Å². The second-order valence-corrected chi connectivity index (χ2v) is 6.25. The molecule has 114 valence electrons. The molecule has 0 aliphatic carbocycles. The van der Waals surface area contributed by atoms with Crippen molar-refractivity contribution in [2.75, 3.05) is 11.9 Å². The first-order valence-corrected chi connectivity index (χ1v) is 8.11. The molecule has 0 saturated heterocycles. The lowest BCUT2D eigenvalue weighted by Crippen LogP contribution is -2.23. The van der Waals surface area contributed by atoms with Crippen LogP contribution in [0.15, 0.2) is 39.4 Å². The predicted molar refractivity (Wildman–Crippen MR) is 91.6 cm³/mol. The zero-order chi connectivity index (χ0) is 15.8. The van der Waals surface area contributed by atoms with Crippen LogP contribution in [0.3, 0.4) is 0 Å². The van der Waals surface area contributed by atoms with Crippen molar-refractivity contribution in [2.45, 2.75) is 13.0 Å². The summed E-state index contributed by atoms with van der Waals surface area (Å²) in [6.07, 6.45) is 2.69. The summed E-state index contributed by atoms with van der Waals surface area (Å²) < 4.78 is 6.18. The van der Waals surface area contributed by atoms with Gasteiger partial charge in [-0.1, -0.05) is 6.07 Å². The number of nitriles is 1. The number of fused-ring (bicyclic) bond motifs is 2. The number of pyridine rings is 1. The summed E-state index contributed by atoms with van der Waals surface area (Å²) in [7, 11) is 0. The Labute approximate surface area is 141 Å². The smallest absolute Gasteiger partial charge is 0.204 e. The molecule has 2 aromatic heterocycles. The van der Waals surface area contributed by atoms with Gasteiger partial charge in [0.1, 0.15) is 11.9 Å². The van der Waals surface area contributed by atoms with E-state index in [1.54, 1.807) is 12.3 Å². The Bertz CT molecular complexity index is 942. The minimum atomic E-state index is 0.277. The van der Waals surface area contributed by atoms with Gasteiger partial charge in [0.25, 0.3) is 0 Å². The third kappa shape index (κ3) is 2.58. The van der Waals surface area contributed by atoms with Crippen molar-refractivity contribution in [1.29, 1.82) is 5.26 Å². The Balaban J connectivity index is 1.70. The van der Waals surface area contributed by atoms with Gasteiger partial charge in [-0.2, -0.15) is 5.26 Å². The molecule has 1 aromatic carbocycles. The first kappa shape index (κ1) is 14.2. The Hall–Kier alpha value is -2.36. The summed E-state index contributed by atoms with van der Waals surface area (Å²) >= 11 is 3.55. The van der Waals surface area contributed by atoms with E-state index in [0.29, 0.717) is 11.4 Å². The SMILES string of the molecule is N#Cc1cc2c(Br)c(Nc3ccc4c(c3)CNCC4)ncc2o1. The molecule has 6 heteroatoms. The van der Waals surface area contributed by atoms with Gasteiger partial charge in [0.05, 0.1) is 10.7 Å². The molecule has 0 spiro atoms. The number of halogens is 1. The first-order chi connectivity index (χ1) is 11.2. The highest BCUT2D eigenvalue weighted by atomic mass is 79.9. The molecule has 1 aliphatic heterocycles. The number of aromatic nitrogens is 1. The molecule has 3 aromatic rings. The van der Waals surface area contributed by atoms with Crippen LogP contribution in [0.5, 0.6) is 0 Å². The normalized spacial score (nSPS) is 13.6. The highest BCUT2D eigenvalue weighted by molar-refractivity contribution is 9.10. The van der Waals surface area contributed by atoms with Crippen LogP contribution < -0.4 is 10.6 Å². The van der Waals surface area contributed by atoms with Gasteiger partial charge in [-0.15, -0.1) is 0 Å². The van der Waals surface area contributed by atoms with Gasteiger partial charge in [-0.05, 0) is 52.2 Å². The quantitative estimate of drug-likeness (QED) is 0.718. The van der Waals surface area contributed by atoms with Crippen molar-refractivity contribution in [3.8, 4) is 6.07 Å². The number of anilines is 2. The molecular formula is C17H13BrN4O. The maximum atomic E-state index is 8.95. The number of nitrogens with one attached hydrogen (secondary N) is 2. The second-order valence-electron chi connectivity index (χ2n) is 5.46. The van der Waals surface area contributed by atoms with Crippen molar-refractivity contribution in [3.05, 3.63) is 51.8 Å². The van der Waals surface area contributed by atoms with E-state index in [1.165, 1.54) is 11.1 Å². The third-order valence-corrected chi connectivity index (χ3v) is 4.78. The average molecular weight is 369 g/mol. The van der Waals surface area contributed by atoms with Crippen LogP contribution in [0, 0.1) is 11.3 Å². The van der Waals surface area contributed by atoms with Crippen LogP contribution in [0.2, 0.25) is 0 Å². The van der Waals surface area contributed by atoms with Crippen LogP contribution >= 0.6 is 15.9 Å². The minimum absolute atomic E-state index is 0.277. The maximum absolute atomic E-state index is 8.95. The number of nitrogens with zero attached hydrogens (tertiary/aromatic N) is 2. The van der Waals surface area contributed by atoms with Gasteiger partial charge in [0, 0.05) is 23.7 Å². The van der Waals surface area contributed by atoms with Crippen molar-refractivity contribution in [1.82, 2.24) is 10.3 Å². The largest absolute Gasteiger partial charge is 0.444 e. The summed E-state index contributed by atoms with van der Waals surface area (Å²) in [6.45, 7) is 1.93. The lowest BCUT2D eigenvalue weighted by molar-refractivity contribution is 0.598. The zero-order valence-corrected chi connectivity index (χ0v) is 13.8. The van der Waals surface area contributed by atoms with Gasteiger partial charge in [0.15, 0.2) is 5.58 Å². The van der Waals surface area contributed by atoms with Crippen molar-refractivity contribution in [3.63, 3.8) is 0 Å². The first-order valence-electron chi connectivity index (χ1n) is 7.32. The molecule has 0 fully saturated rings. The van der Waals surface area contributed by atoms with Gasteiger partial charge in [-0.3, -0.25) is 0 Å². The Morgan fingerprint density at radius 3 is 3.09 bits per heavy atom. The van der Waals surface area contributed by atoms with Gasteiger partial charge >= 0.3 is 0 Å². The number of benzene rings is 1. The molecule has 5 nitrogen and oxygen atoms in total. The molecule has 23 heavy (non-hydrogen) atoms. The van der Waals surface area contributed by atoms with E-state index in [2.05, 4.69) is 49.7 Å². The van der Waals surface area contributed by atoms with Gasteiger partial charge in [-0.25, -0.2) is 4.98 Å². The summed E-state index contributed by atoms with van der Waals surface area (Å²) in [4.78, 5) is 4.38. The van der Waals surface area contributed by atoms with E-state index in [-0.39, 0.29) is 5.76 Å². The number of hydrogen-bond donors (Lipinski definition) is 2. The molecule has 0 amide bonds. The van der Waals surface area contributed by atoms with Gasteiger partial charge < -0.3 is 15.1 Å². The summed E-state index contributed by atoms with van der Waals surface area (Å²) in [5.74, 6) is 0.978. The van der Waals surface area contributed by atoms with E-state index >= 15 is 0 Å². The number of rotatable bonds is 2. The zero-order valence-electron chi connectivity index (χ0n) is 12.2. The van der Waals surface area contributed by atoms with Crippen LogP contribution in [-0.4, -0.2) is 11.5 Å². The molecule has 0 atom stereocenters. The fourth-order valence-electron chi connectivity index (χ4n) is 2.82. The molecule has 4 rings (SSSR count). The van der Waals surface area contributed by atoms with Crippen LogP contribution in [-0.2, 0) is 13.0 Å². The van der Waals surface area contributed by atoms with Crippen LogP contribution in [0.1, 0.15) is 16.9 Å². The van der Waals surface area contributed by atoms with Crippen molar-refractivity contribution < 1.29 is 4.42 Å². The van der Waals surface area contributed by atoms with E-state index in [9.17, 15) is 0 Å². The van der Waals surface area contributed by atoms with Crippen molar-refractivity contribution >= 4 is 38.4 Å². The van der Waals surface area contributed by atoms with Crippen LogP contribution in [0.4, 0.5) is 11.5 Å². The van der Waals surface area contributed by atoms with E-state index in [4.69, 9.17) is 9.68 Å². The predicted octanol–water partition coefficient (Wildman–Crippen LogP) is 3.85. The molecule has 1 aliphatic rings. The molecule has 2 N–H and O–H groups in total. The minimum Gasteiger partial charge on any atom is -0.444 e. The summed E-state index contributed by atoms with van der Waals surface area (Å²) in [5, 5.41) is 16.5. The molecule has 0 unspecified atom stereocenters. The highest BCUT2D eigenvalue weighted by Crippen LogP contribution is 2.33. The van der Waals surface area contributed by atoms with Crippen LogP contribution in [0.25, 0.3) is 11.0 Å². The fraction of sp³-hybridized carbons (Fsp3) is 0.176. The Morgan fingerprint density at radius 1 is 1.30 bits per heavy atom. The molecule has 0 radical (unpaired) electrons. The molecule has 0 saturated carbocycles. The second kappa shape index (κ2) is 5.69.